The number of hydrogen-bond acceptors (Lipinski definition) is 3. The van der Waals surface area contributed by atoms with Crippen LogP contribution in [0.3, 0.4) is 0 Å². The molecular weight excluding hydrogens is 419 g/mol. The summed E-state index contributed by atoms with van der Waals surface area (Å²) in [5, 5.41) is 0. The number of alkyl halides is 2. The van der Waals surface area contributed by atoms with Crippen molar-refractivity contribution in [3.8, 4) is 0 Å². The van der Waals surface area contributed by atoms with Crippen molar-refractivity contribution in [2.24, 2.45) is 0 Å². The lowest BCUT2D eigenvalue weighted by molar-refractivity contribution is 0.101. The van der Waals surface area contributed by atoms with Gasteiger partial charge in [0.2, 0.25) is 7.45 Å². The first kappa shape index (κ1) is 15.1. The van der Waals surface area contributed by atoms with Gasteiger partial charge in [-0.1, -0.05) is 31.2 Å². The molecule has 0 spiro atoms. The normalized spacial score (nSPS) is 15.3. The molecule has 1 aromatic carbocycles. The summed E-state index contributed by atoms with van der Waals surface area (Å²) in [5.74, 6) is -0.517. The Hall–Kier alpha value is 0.0500. The third-order valence-electron chi connectivity index (χ3n) is 2.42. The van der Waals surface area contributed by atoms with Crippen LogP contribution in [0, 0.1) is 6.92 Å². The number of ketones is 1. The van der Waals surface area contributed by atoms with Crippen LogP contribution in [0.2, 0.25) is 0 Å². The van der Waals surface area contributed by atoms with Crippen molar-refractivity contribution in [3.63, 3.8) is 0 Å². The van der Waals surface area contributed by atoms with Gasteiger partial charge in [-0.05, 0) is 51.0 Å². The predicted molar refractivity (Wildman–Crippen MR) is 80.6 cm³/mol. The fraction of sp³-hybridized carbons (Fsp3) is 0.364. The molecule has 0 N–H and O–H groups in total. The summed E-state index contributed by atoms with van der Waals surface area (Å²) in [5.41, 5.74) is 1.19. The Kier molecular flexibility index (Phi) is 4.76. The fourth-order valence-corrected chi connectivity index (χ4v) is 4.19. The number of rotatable bonds is 4. The molecule has 17 heavy (non-hydrogen) atoms. The van der Waals surface area contributed by atoms with Gasteiger partial charge in [0, 0.05) is 5.56 Å². The molecule has 0 saturated heterocycles. The largest absolute Gasteiger partial charge is 0.290 e. The van der Waals surface area contributed by atoms with Crippen molar-refractivity contribution in [2.45, 2.75) is 15.5 Å². The molecule has 0 radical (unpaired) electrons. The number of hydrogen-bond donors (Lipinski definition) is 0. The molecule has 0 unspecified atom stereocenters. The number of halogens is 2. The van der Waals surface area contributed by atoms with Crippen molar-refractivity contribution in [1.82, 2.24) is 0 Å². The summed E-state index contributed by atoms with van der Waals surface area (Å²) in [4.78, 5) is 12.3. The molecule has 3 nitrogen and oxygen atoms in total. The van der Waals surface area contributed by atoms with Crippen molar-refractivity contribution in [3.05, 3.63) is 35.4 Å². The molecule has 0 saturated carbocycles. The van der Waals surface area contributed by atoms with Crippen LogP contribution >= 0.6 is 38.5 Å². The van der Waals surface area contributed by atoms with Crippen LogP contribution in [0.4, 0.5) is 0 Å². The van der Waals surface area contributed by atoms with Gasteiger partial charge >= 0.3 is 0 Å². The molecule has 94 valence electrons. The van der Waals surface area contributed by atoms with Crippen LogP contribution in [-0.2, 0) is 9.84 Å². The number of sulfone groups is 1. The van der Waals surface area contributed by atoms with E-state index in [0.717, 1.165) is 5.56 Å². The number of Topliss-reactive ketones (excluding diaryl/α,β-unsaturated/α-hetero) is 1. The zero-order valence-electron chi connectivity index (χ0n) is 9.41. The molecule has 0 amide bonds. The SMILES string of the molecule is CCS(=O)(=O)[C@](Br)(I)C(=O)c1ccccc1C. The van der Waals surface area contributed by atoms with Crippen molar-refractivity contribution in [1.29, 1.82) is 0 Å². The molecule has 1 atom stereocenters. The van der Waals surface area contributed by atoms with E-state index < -0.39 is 17.3 Å². The lowest BCUT2D eigenvalue weighted by atomic mass is 10.1. The highest BCUT2D eigenvalue weighted by Gasteiger charge is 2.45. The zero-order valence-corrected chi connectivity index (χ0v) is 14.0. The Bertz CT molecular complexity index is 537. The van der Waals surface area contributed by atoms with E-state index in [-0.39, 0.29) is 5.75 Å². The smallest absolute Gasteiger partial charge is 0.239 e. The van der Waals surface area contributed by atoms with Crippen LogP contribution in [-0.4, -0.2) is 21.6 Å². The number of carbonyl (C=O) groups is 1. The Morgan fingerprint density at radius 3 is 2.41 bits per heavy atom. The second kappa shape index (κ2) is 5.36. The highest BCUT2D eigenvalue weighted by Crippen LogP contribution is 2.38. The summed E-state index contributed by atoms with van der Waals surface area (Å²) in [7, 11) is -3.51. The maximum Gasteiger partial charge on any atom is 0.239 e. The Balaban J connectivity index is 3.28. The fourth-order valence-electron chi connectivity index (χ4n) is 1.31. The summed E-state index contributed by atoms with van der Waals surface area (Å²) in [6.45, 7) is 3.31. The minimum atomic E-state index is -3.51. The van der Waals surface area contributed by atoms with E-state index in [1.165, 1.54) is 6.92 Å². The average molecular weight is 431 g/mol. The molecule has 0 aromatic heterocycles. The molecule has 0 aliphatic rings. The highest BCUT2D eigenvalue weighted by atomic mass is 127. The topological polar surface area (TPSA) is 51.2 Å². The highest BCUT2D eigenvalue weighted by molar-refractivity contribution is 14.1. The molecule has 1 rings (SSSR count). The van der Waals surface area contributed by atoms with E-state index in [9.17, 15) is 13.2 Å². The van der Waals surface area contributed by atoms with Gasteiger partial charge in [-0.25, -0.2) is 8.42 Å². The molecule has 0 aliphatic heterocycles. The lowest BCUT2D eigenvalue weighted by Gasteiger charge is -2.19. The summed E-state index contributed by atoms with van der Waals surface area (Å²) >= 11 is 4.69. The van der Waals surface area contributed by atoms with Crippen LogP contribution < -0.4 is 0 Å². The number of aryl methyl sites for hydroxylation is 1. The molecule has 0 heterocycles. The van der Waals surface area contributed by atoms with Gasteiger partial charge in [0.1, 0.15) is 0 Å². The van der Waals surface area contributed by atoms with E-state index in [1.54, 1.807) is 47.7 Å². The van der Waals surface area contributed by atoms with E-state index >= 15 is 0 Å². The van der Waals surface area contributed by atoms with Crippen LogP contribution in [0.25, 0.3) is 0 Å². The molecular formula is C11H12BrIO3S. The van der Waals surface area contributed by atoms with Crippen molar-refractivity contribution in [2.75, 3.05) is 5.75 Å². The Morgan fingerprint density at radius 1 is 1.41 bits per heavy atom. The van der Waals surface area contributed by atoms with Crippen LogP contribution in [0.1, 0.15) is 22.8 Å². The van der Waals surface area contributed by atoms with E-state index in [1.807, 2.05) is 6.07 Å². The van der Waals surface area contributed by atoms with Crippen LogP contribution in [0.15, 0.2) is 24.3 Å². The lowest BCUT2D eigenvalue weighted by Crippen LogP contribution is -2.36. The quantitative estimate of drug-likeness (QED) is 0.419. The molecule has 6 heteroatoms. The molecule has 0 aliphatic carbocycles. The first-order valence-corrected chi connectivity index (χ1v) is 8.47. The van der Waals surface area contributed by atoms with E-state index in [0.29, 0.717) is 5.56 Å². The first-order chi connectivity index (χ1) is 7.74. The minimum absolute atomic E-state index is 0.0845. The number of carbonyl (C=O) groups excluding carboxylic acids is 1. The first-order valence-electron chi connectivity index (χ1n) is 4.94. The molecule has 1 aromatic rings. The maximum atomic E-state index is 12.3. The summed E-state index contributed by atoms with van der Waals surface area (Å²) < 4.78 is 22.2. The summed E-state index contributed by atoms with van der Waals surface area (Å²) in [6.07, 6.45) is 0. The van der Waals surface area contributed by atoms with Crippen molar-refractivity contribution < 1.29 is 13.2 Å². The Morgan fingerprint density at radius 2 is 1.94 bits per heavy atom. The standard InChI is InChI=1S/C11H12BrIO3S/c1-3-17(15,16)11(12,13)10(14)9-7-5-4-6-8(9)2/h4-7H,3H2,1-2H3/t11-/m1/s1. The van der Waals surface area contributed by atoms with E-state index in [2.05, 4.69) is 15.9 Å². The van der Waals surface area contributed by atoms with Crippen LogP contribution in [0.5, 0.6) is 0 Å². The Labute approximate surface area is 123 Å². The monoisotopic (exact) mass is 430 g/mol. The second-order valence-electron chi connectivity index (χ2n) is 3.56. The average Bonchev–Trinajstić information content (AvgIpc) is 2.28. The van der Waals surface area contributed by atoms with Gasteiger partial charge in [-0.3, -0.25) is 4.79 Å². The van der Waals surface area contributed by atoms with Gasteiger partial charge < -0.3 is 0 Å². The molecule has 0 fully saturated rings. The maximum absolute atomic E-state index is 12.3. The third-order valence-corrected chi connectivity index (χ3v) is 8.49. The third kappa shape index (κ3) is 2.90. The van der Waals surface area contributed by atoms with Crippen molar-refractivity contribution >= 4 is 54.1 Å². The summed E-state index contributed by atoms with van der Waals surface area (Å²) in [6, 6.07) is 6.95. The van der Waals surface area contributed by atoms with Gasteiger partial charge in [0.05, 0.1) is 5.75 Å². The van der Waals surface area contributed by atoms with Gasteiger partial charge in [-0.2, -0.15) is 0 Å². The molecule has 0 bridgehead atoms. The van der Waals surface area contributed by atoms with Gasteiger partial charge in [0.25, 0.3) is 0 Å². The predicted octanol–water partition coefficient (Wildman–Crippen LogP) is 3.10. The van der Waals surface area contributed by atoms with E-state index in [4.69, 9.17) is 0 Å². The zero-order chi connectivity index (χ0) is 13.3. The number of benzene rings is 1. The van der Waals surface area contributed by atoms with Gasteiger partial charge in [0.15, 0.2) is 9.84 Å². The second-order valence-corrected chi connectivity index (χ2v) is 11.5. The van der Waals surface area contributed by atoms with Gasteiger partial charge in [-0.15, -0.1) is 0 Å². The minimum Gasteiger partial charge on any atom is -0.290 e.